The van der Waals surface area contributed by atoms with Gasteiger partial charge in [-0.25, -0.2) is 0 Å². The van der Waals surface area contributed by atoms with Crippen molar-refractivity contribution in [2.24, 2.45) is 17.8 Å². The predicted octanol–water partition coefficient (Wildman–Crippen LogP) is 3.70. The highest BCUT2D eigenvalue weighted by molar-refractivity contribution is 6.24. The van der Waals surface area contributed by atoms with Gasteiger partial charge in [-0.3, -0.25) is 14.4 Å². The molecule has 5 heterocycles. The van der Waals surface area contributed by atoms with Crippen LogP contribution in [0.25, 0.3) is 29.9 Å². The standard InChI is InChI=1S/C35H40N4O5/c1-8-19-15(3)22-12-24-17(5)21(10-11-28(40)41)32(38-24)30-31(35(43)44-7)34(42)29-18(6)25(39-33(29)30)14-27-20(9-2)16(4)23(37-27)13-26(19)36-22/h8,12-14,17,21,23-24,31,36-39H,1,9-11H2,2-7H3,(H,40,41)/b22-12-,26-13-,27-14-,32-30-/t17-,21-,23?,24?,31+/m0/s1. The molecule has 44 heavy (non-hydrogen) atoms. The molecule has 9 heteroatoms. The number of aromatic amines is 2. The smallest absolute Gasteiger partial charge is 0.321 e. The Balaban J connectivity index is 1.69. The first kappa shape index (κ1) is 29.5. The summed E-state index contributed by atoms with van der Waals surface area (Å²) in [7, 11) is 1.29. The number of carboxylic acids is 1. The van der Waals surface area contributed by atoms with E-state index in [1.165, 1.54) is 18.3 Å². The number of carboxylic acid groups (broad SMARTS) is 1. The lowest BCUT2D eigenvalue weighted by molar-refractivity contribution is -0.142. The summed E-state index contributed by atoms with van der Waals surface area (Å²) in [6, 6.07) is -0.225. The van der Waals surface area contributed by atoms with Crippen molar-refractivity contribution in [1.29, 1.82) is 0 Å². The largest absolute Gasteiger partial charge is 0.481 e. The number of hydrogen-bond acceptors (Lipinski definition) is 6. The highest BCUT2D eigenvalue weighted by Crippen LogP contribution is 2.47. The van der Waals surface area contributed by atoms with E-state index in [1.807, 2.05) is 13.0 Å². The molecule has 1 saturated heterocycles. The van der Waals surface area contributed by atoms with Crippen molar-refractivity contribution in [2.75, 3.05) is 7.11 Å². The normalized spacial score (nSPS) is 29.6. The predicted molar refractivity (Wildman–Crippen MR) is 170 cm³/mol. The topological polar surface area (TPSA) is 136 Å². The molecule has 0 amide bonds. The van der Waals surface area contributed by atoms with Crippen LogP contribution in [0.3, 0.4) is 0 Å². The van der Waals surface area contributed by atoms with Crippen LogP contribution in [0.4, 0.5) is 0 Å². The van der Waals surface area contributed by atoms with Crippen molar-refractivity contribution in [2.45, 2.75) is 66.0 Å². The fourth-order valence-electron chi connectivity index (χ4n) is 7.64. The van der Waals surface area contributed by atoms with Crippen LogP contribution in [-0.2, 0) is 14.3 Å². The van der Waals surface area contributed by atoms with E-state index >= 15 is 0 Å². The van der Waals surface area contributed by atoms with Gasteiger partial charge in [0.1, 0.15) is 5.92 Å². The van der Waals surface area contributed by atoms with Crippen molar-refractivity contribution in [3.8, 4) is 0 Å². The van der Waals surface area contributed by atoms with E-state index in [0.29, 0.717) is 23.3 Å². The maximum absolute atomic E-state index is 14.0. The lowest BCUT2D eigenvalue weighted by Gasteiger charge is -2.19. The van der Waals surface area contributed by atoms with Crippen LogP contribution >= 0.6 is 0 Å². The highest BCUT2D eigenvalue weighted by atomic mass is 16.5. The Bertz CT molecular complexity index is 1850. The van der Waals surface area contributed by atoms with Gasteiger partial charge in [0.25, 0.3) is 0 Å². The van der Waals surface area contributed by atoms with E-state index in [0.717, 1.165) is 50.9 Å². The van der Waals surface area contributed by atoms with Crippen LogP contribution in [0.2, 0.25) is 0 Å². The third-order valence-electron chi connectivity index (χ3n) is 10.1. The zero-order chi connectivity index (χ0) is 31.6. The summed E-state index contributed by atoms with van der Waals surface area (Å²) in [5.41, 5.74) is 9.43. The highest BCUT2D eigenvalue weighted by Gasteiger charge is 2.49. The monoisotopic (exact) mass is 596 g/mol. The molecule has 3 aliphatic heterocycles. The lowest BCUT2D eigenvalue weighted by atomic mass is 9.83. The number of methoxy groups -OCH3 is 1. The molecule has 5 atom stereocenters. The van der Waals surface area contributed by atoms with Gasteiger partial charge >= 0.3 is 11.9 Å². The van der Waals surface area contributed by atoms with Crippen molar-refractivity contribution < 1.29 is 24.2 Å². The average Bonchev–Trinajstić information content (AvgIpc) is 3.72. The van der Waals surface area contributed by atoms with Crippen molar-refractivity contribution in [1.82, 2.24) is 20.6 Å². The molecule has 6 rings (SSSR count). The SMILES string of the molecule is C=Cc1c(C)/c2[nH]/c1=C\C1N/C(=C\c3[nH]c4c(c3C)C(=O)[C@H](C(=O)OC)/C4=C3/NC(\C=2)[C@@H](C)[C@@H]3CCC(=O)O)C(CC)=C1C. The Morgan fingerprint density at radius 2 is 1.84 bits per heavy atom. The molecule has 4 aliphatic rings. The molecule has 2 aromatic rings. The fourth-order valence-corrected chi connectivity index (χ4v) is 7.64. The van der Waals surface area contributed by atoms with Crippen LogP contribution in [0.15, 0.2) is 29.1 Å². The fraction of sp³-hybridized carbons (Fsp3) is 0.400. The van der Waals surface area contributed by atoms with Crippen LogP contribution in [0.5, 0.6) is 0 Å². The molecule has 9 nitrogen and oxygen atoms in total. The first-order valence-electron chi connectivity index (χ1n) is 15.3. The number of carbonyl (C=O) groups is 3. The number of aromatic nitrogens is 2. The molecule has 5 N–H and O–H groups in total. The van der Waals surface area contributed by atoms with Gasteiger partial charge in [0, 0.05) is 62.9 Å². The summed E-state index contributed by atoms with van der Waals surface area (Å²) in [5, 5.41) is 18.9. The Kier molecular flexibility index (Phi) is 7.30. The molecule has 1 aliphatic carbocycles. The first-order valence-corrected chi connectivity index (χ1v) is 15.3. The minimum absolute atomic E-state index is 0.0279. The third kappa shape index (κ3) is 4.40. The van der Waals surface area contributed by atoms with Gasteiger partial charge < -0.3 is 30.4 Å². The molecular weight excluding hydrogens is 556 g/mol. The van der Waals surface area contributed by atoms with Gasteiger partial charge in [-0.2, -0.15) is 0 Å². The maximum atomic E-state index is 14.0. The van der Waals surface area contributed by atoms with Crippen LogP contribution in [-0.4, -0.2) is 52.0 Å². The minimum atomic E-state index is -1.13. The van der Waals surface area contributed by atoms with E-state index in [4.69, 9.17) is 4.74 Å². The zero-order valence-corrected chi connectivity index (χ0v) is 26.1. The van der Waals surface area contributed by atoms with Crippen molar-refractivity contribution in [3.63, 3.8) is 0 Å². The lowest BCUT2D eigenvalue weighted by Crippen LogP contribution is -2.29. The molecule has 2 unspecified atom stereocenters. The number of ketones is 1. The quantitative estimate of drug-likeness (QED) is 0.253. The summed E-state index contributed by atoms with van der Waals surface area (Å²) in [6.45, 7) is 14.4. The van der Waals surface area contributed by atoms with E-state index in [9.17, 15) is 19.5 Å². The summed E-state index contributed by atoms with van der Waals surface area (Å²) in [5.74, 6) is -3.22. The molecule has 0 spiro atoms. The van der Waals surface area contributed by atoms with Gasteiger partial charge in [0.2, 0.25) is 0 Å². The van der Waals surface area contributed by atoms with E-state index in [2.05, 4.69) is 73.1 Å². The number of H-pyrrole nitrogens is 2. The average molecular weight is 597 g/mol. The Morgan fingerprint density at radius 1 is 1.09 bits per heavy atom. The van der Waals surface area contributed by atoms with Gasteiger partial charge in [-0.15, -0.1) is 0 Å². The minimum Gasteiger partial charge on any atom is -0.481 e. The number of Topliss-reactive ketones (excluding diaryl/α,β-unsaturated/α-hetero) is 1. The number of hydrogen-bond donors (Lipinski definition) is 5. The Hall–Kier alpha value is -4.53. The van der Waals surface area contributed by atoms with Gasteiger partial charge in [-0.1, -0.05) is 26.5 Å². The van der Waals surface area contributed by atoms with Gasteiger partial charge in [-0.05, 0) is 80.0 Å². The van der Waals surface area contributed by atoms with Crippen molar-refractivity contribution >= 4 is 47.6 Å². The first-order chi connectivity index (χ1) is 21.0. The Labute approximate surface area is 256 Å². The number of esters is 1. The zero-order valence-electron chi connectivity index (χ0n) is 26.1. The molecule has 0 aromatic carbocycles. The Morgan fingerprint density at radius 3 is 2.50 bits per heavy atom. The second kappa shape index (κ2) is 10.9. The number of allylic oxidation sites excluding steroid dienone is 2. The number of nitrogens with one attached hydrogen (secondary N) is 4. The number of fused-ring (bicyclic) bond motifs is 7. The number of aliphatic carboxylic acids is 1. The summed E-state index contributed by atoms with van der Waals surface area (Å²) < 4.78 is 5.16. The van der Waals surface area contributed by atoms with Gasteiger partial charge in [0.15, 0.2) is 5.78 Å². The third-order valence-corrected chi connectivity index (χ3v) is 10.1. The van der Waals surface area contributed by atoms with Crippen LogP contribution < -0.4 is 21.3 Å². The molecule has 2 aromatic heterocycles. The van der Waals surface area contributed by atoms with Crippen LogP contribution in [0.1, 0.15) is 78.5 Å². The number of rotatable bonds is 6. The molecular formula is C35H40N4O5. The molecule has 0 saturated carbocycles. The van der Waals surface area contributed by atoms with Crippen molar-refractivity contribution in [3.05, 3.63) is 73.5 Å². The van der Waals surface area contributed by atoms with E-state index in [-0.39, 0.29) is 36.1 Å². The summed E-state index contributed by atoms with van der Waals surface area (Å²) >= 11 is 0. The number of ether oxygens (including phenoxy) is 1. The second-order valence-corrected chi connectivity index (χ2v) is 12.4. The summed E-state index contributed by atoms with van der Waals surface area (Å²) in [6.07, 6.45) is 9.43. The van der Waals surface area contributed by atoms with Gasteiger partial charge in [0.05, 0.1) is 18.8 Å². The van der Waals surface area contributed by atoms with E-state index in [1.54, 1.807) is 0 Å². The molecule has 0 radical (unpaired) electrons. The molecule has 8 bridgehead atoms. The van der Waals surface area contributed by atoms with Crippen LogP contribution in [0, 0.1) is 31.6 Å². The summed E-state index contributed by atoms with van der Waals surface area (Å²) in [4.78, 5) is 46.1. The molecule has 1 fully saturated rings. The van der Waals surface area contributed by atoms with E-state index < -0.39 is 17.9 Å². The number of carbonyl (C=O) groups excluding carboxylic acids is 2. The second-order valence-electron chi connectivity index (χ2n) is 12.4. The maximum Gasteiger partial charge on any atom is 0.321 e. The molecule has 230 valence electrons.